The highest BCUT2D eigenvalue weighted by molar-refractivity contribution is 9.10. The monoisotopic (exact) mass is 540 g/mol. The number of hydroxylamine groups is 1. The van der Waals surface area contributed by atoms with E-state index in [1.165, 1.54) is 5.56 Å². The van der Waals surface area contributed by atoms with Crippen molar-refractivity contribution >= 4 is 45.0 Å². The highest BCUT2D eigenvalue weighted by Gasteiger charge is 2.47. The highest BCUT2D eigenvalue weighted by atomic mass is 79.9. The average molecular weight is 542 g/mol. The van der Waals surface area contributed by atoms with Gasteiger partial charge in [-0.15, -0.1) is 18.3 Å². The zero-order chi connectivity index (χ0) is 22.3. The second-order valence-electron chi connectivity index (χ2n) is 7.29. The highest BCUT2D eigenvalue weighted by Crippen LogP contribution is 2.34. The molecule has 1 unspecified atom stereocenters. The summed E-state index contributed by atoms with van der Waals surface area (Å²) >= 11 is 3.44. The lowest BCUT2D eigenvalue weighted by Crippen LogP contribution is -2.55. The summed E-state index contributed by atoms with van der Waals surface area (Å²) in [6.07, 6.45) is 0.764. The third-order valence-electron chi connectivity index (χ3n) is 5.38. The molecule has 172 valence electrons. The molecule has 6 nitrogen and oxygen atoms in total. The Balaban J connectivity index is 0.00000363. The van der Waals surface area contributed by atoms with Crippen molar-refractivity contribution < 1.29 is 18.9 Å². The van der Waals surface area contributed by atoms with Crippen LogP contribution in [0.3, 0.4) is 0 Å². The number of benzene rings is 2. The molecule has 1 fully saturated rings. The van der Waals surface area contributed by atoms with E-state index >= 15 is 0 Å². The van der Waals surface area contributed by atoms with Crippen molar-refractivity contribution in [3.8, 4) is 17.6 Å². The van der Waals surface area contributed by atoms with Crippen LogP contribution in [0.25, 0.3) is 0 Å². The summed E-state index contributed by atoms with van der Waals surface area (Å²) in [5.74, 6) is 5.59. The van der Waals surface area contributed by atoms with Crippen LogP contribution in [0.1, 0.15) is 25.3 Å². The van der Waals surface area contributed by atoms with Gasteiger partial charge in [0, 0.05) is 29.0 Å². The van der Waals surface area contributed by atoms with E-state index < -0.39 is 21.5 Å². The molecule has 0 saturated carbocycles. The summed E-state index contributed by atoms with van der Waals surface area (Å²) in [7, 11) is -1.63. The minimum Gasteiger partial charge on any atom is -0.481 e. The molecule has 0 aliphatic carbocycles. The fourth-order valence-electron chi connectivity index (χ4n) is 3.60. The van der Waals surface area contributed by atoms with Gasteiger partial charge >= 0.3 is 0 Å². The topological polar surface area (TPSA) is 78.9 Å². The third kappa shape index (κ3) is 6.33. The van der Waals surface area contributed by atoms with Gasteiger partial charge in [-0.2, -0.15) is 0 Å². The number of nitrogens with zero attached hydrogens (tertiary/aromatic N) is 1. The van der Waals surface area contributed by atoms with Gasteiger partial charge < -0.3 is 4.74 Å². The van der Waals surface area contributed by atoms with E-state index in [0.29, 0.717) is 36.6 Å². The van der Waals surface area contributed by atoms with Crippen molar-refractivity contribution in [1.29, 1.82) is 0 Å². The Hall–Kier alpha value is -1.89. The maximum absolute atomic E-state index is 13.4. The lowest BCUT2D eigenvalue weighted by molar-refractivity contribution is -0.133. The van der Waals surface area contributed by atoms with Crippen LogP contribution in [-0.2, 0) is 22.1 Å². The molecule has 3 rings (SSSR count). The Morgan fingerprint density at radius 3 is 2.38 bits per heavy atom. The maximum atomic E-state index is 13.4. The van der Waals surface area contributed by atoms with Crippen LogP contribution in [0.4, 0.5) is 0 Å². The Morgan fingerprint density at radius 1 is 1.19 bits per heavy atom. The molecule has 0 spiro atoms. The third-order valence-corrected chi connectivity index (χ3v) is 7.91. The summed E-state index contributed by atoms with van der Waals surface area (Å²) < 4.78 is 18.8. The summed E-state index contributed by atoms with van der Waals surface area (Å²) in [6, 6.07) is 15.0. The Bertz CT molecular complexity index is 982. The number of carbonyl (C=O) groups is 1. The fraction of sp³-hybridized carbons (Fsp3) is 0.348. The molecule has 2 aromatic carbocycles. The van der Waals surface area contributed by atoms with E-state index in [0.717, 1.165) is 11.0 Å². The van der Waals surface area contributed by atoms with Gasteiger partial charge in [-0.25, -0.2) is 5.48 Å². The van der Waals surface area contributed by atoms with E-state index in [9.17, 15) is 14.2 Å². The smallest absolute Gasteiger partial charge is 0.262 e. The van der Waals surface area contributed by atoms with Crippen LogP contribution in [-0.4, -0.2) is 44.7 Å². The zero-order valence-electron chi connectivity index (χ0n) is 17.7. The standard InChI is InChI=1S/C23H25BrN2O4S.ClH/c1-2-3-16-30-20-8-10-21(11-9-20)31(29)23(22(27)25-28)12-14-26(15-13-23)17-18-4-6-19(24)7-5-18;/h4-11,28H,12-17H2,1H3,(H,25,27);1H. The van der Waals surface area contributed by atoms with E-state index in [4.69, 9.17) is 4.74 Å². The van der Waals surface area contributed by atoms with E-state index in [1.54, 1.807) is 36.7 Å². The lowest BCUT2D eigenvalue weighted by Gasteiger charge is -2.39. The minimum absolute atomic E-state index is 0. The molecular formula is C23H26BrClN2O4S. The van der Waals surface area contributed by atoms with Crippen LogP contribution < -0.4 is 10.2 Å². The number of hydrogen-bond acceptors (Lipinski definition) is 5. The molecule has 1 atom stereocenters. The number of nitrogens with one attached hydrogen (secondary N) is 1. The SMILES string of the molecule is CC#CCOc1ccc(S(=O)C2(C(=O)NO)CCN(Cc3ccc(Br)cc3)CC2)cc1.Cl. The zero-order valence-corrected chi connectivity index (χ0v) is 20.9. The quantitative estimate of drug-likeness (QED) is 0.316. The Morgan fingerprint density at radius 2 is 1.81 bits per heavy atom. The number of carbonyl (C=O) groups excluding carboxylic acids is 1. The normalized spacial score (nSPS) is 16.1. The maximum Gasteiger partial charge on any atom is 0.262 e. The second-order valence-corrected chi connectivity index (χ2v) is 10.00. The van der Waals surface area contributed by atoms with Gasteiger partial charge in [0.15, 0.2) is 0 Å². The first-order chi connectivity index (χ1) is 15.0. The molecule has 2 aromatic rings. The van der Waals surface area contributed by atoms with Gasteiger partial charge in [0.2, 0.25) is 0 Å². The molecule has 2 N–H and O–H groups in total. The number of halogens is 2. The second kappa shape index (κ2) is 12.4. The van der Waals surface area contributed by atoms with Crippen molar-refractivity contribution in [3.05, 3.63) is 58.6 Å². The molecule has 32 heavy (non-hydrogen) atoms. The molecule has 9 heteroatoms. The first-order valence-corrected chi connectivity index (χ1v) is 11.9. The minimum atomic E-state index is -1.63. The largest absolute Gasteiger partial charge is 0.481 e. The first kappa shape index (κ1) is 26.4. The number of likely N-dealkylation sites (tertiary alicyclic amines) is 1. The summed E-state index contributed by atoms with van der Waals surface area (Å²) in [6.45, 7) is 3.98. The van der Waals surface area contributed by atoms with Crippen molar-refractivity contribution in [2.45, 2.75) is 36.0 Å². The molecule has 0 bridgehead atoms. The number of amides is 1. The predicted octanol–water partition coefficient (Wildman–Crippen LogP) is 3.92. The number of piperidine rings is 1. The molecule has 1 aliphatic heterocycles. The van der Waals surface area contributed by atoms with Gasteiger partial charge in [0.1, 0.15) is 17.1 Å². The first-order valence-electron chi connectivity index (χ1n) is 9.94. The van der Waals surface area contributed by atoms with Gasteiger partial charge in [-0.3, -0.25) is 19.1 Å². The van der Waals surface area contributed by atoms with Crippen LogP contribution in [0, 0.1) is 11.8 Å². The van der Waals surface area contributed by atoms with Crippen LogP contribution >= 0.6 is 28.3 Å². The molecule has 1 saturated heterocycles. The average Bonchev–Trinajstić information content (AvgIpc) is 2.81. The van der Waals surface area contributed by atoms with Crippen molar-refractivity contribution in [3.63, 3.8) is 0 Å². The Kier molecular flexibility index (Phi) is 10.2. The molecule has 1 aliphatic rings. The van der Waals surface area contributed by atoms with Crippen LogP contribution in [0.2, 0.25) is 0 Å². The van der Waals surface area contributed by atoms with E-state index in [-0.39, 0.29) is 19.0 Å². The van der Waals surface area contributed by atoms with Crippen molar-refractivity contribution in [2.24, 2.45) is 0 Å². The fourth-order valence-corrected chi connectivity index (χ4v) is 5.46. The van der Waals surface area contributed by atoms with Crippen LogP contribution in [0.5, 0.6) is 5.75 Å². The summed E-state index contributed by atoms with van der Waals surface area (Å²) in [4.78, 5) is 15.4. The van der Waals surface area contributed by atoms with Gasteiger partial charge in [0.05, 0.1) is 10.8 Å². The molecule has 1 amide bonds. The van der Waals surface area contributed by atoms with E-state index in [2.05, 4.69) is 44.8 Å². The summed E-state index contributed by atoms with van der Waals surface area (Å²) in [5, 5.41) is 9.35. The van der Waals surface area contributed by atoms with Gasteiger partial charge in [0.25, 0.3) is 5.91 Å². The van der Waals surface area contributed by atoms with Gasteiger partial charge in [-0.1, -0.05) is 34.0 Å². The predicted molar refractivity (Wildman–Crippen MR) is 130 cm³/mol. The molecule has 0 aromatic heterocycles. The number of ether oxygens (including phenoxy) is 1. The lowest BCUT2D eigenvalue weighted by atomic mass is 9.94. The van der Waals surface area contributed by atoms with Crippen molar-refractivity contribution in [2.75, 3.05) is 19.7 Å². The van der Waals surface area contributed by atoms with Gasteiger partial charge in [-0.05, 0) is 61.7 Å². The van der Waals surface area contributed by atoms with Crippen molar-refractivity contribution in [1.82, 2.24) is 10.4 Å². The van der Waals surface area contributed by atoms with Crippen LogP contribution in [0.15, 0.2) is 57.9 Å². The molecule has 1 heterocycles. The molecular weight excluding hydrogens is 516 g/mol. The number of hydrogen-bond donors (Lipinski definition) is 2. The van der Waals surface area contributed by atoms with E-state index in [1.807, 2.05) is 12.1 Å². The number of rotatable bonds is 7. The molecule has 0 radical (unpaired) electrons. The Labute approximate surface area is 205 Å². The summed E-state index contributed by atoms with van der Waals surface area (Å²) in [5.41, 5.74) is 2.92.